The van der Waals surface area contributed by atoms with Crippen molar-refractivity contribution in [2.45, 2.75) is 38.2 Å². The lowest BCUT2D eigenvalue weighted by molar-refractivity contribution is -0.198. The van der Waals surface area contributed by atoms with E-state index in [1.165, 1.54) is 0 Å². The number of esters is 1. The van der Waals surface area contributed by atoms with Gasteiger partial charge < -0.3 is 18.9 Å². The summed E-state index contributed by atoms with van der Waals surface area (Å²) in [6, 6.07) is 3.90. The van der Waals surface area contributed by atoms with Crippen molar-refractivity contribution in [1.82, 2.24) is 0 Å². The standard InChI is InChI=1S/C18H24O5/c1-10-6-12-13(9-18(10,2)23-17(12)19)11-7-14(20-3)16(22-5)15(8-11)21-4/h7-8,10,12-13H,6,9H2,1-5H3/t10-,12+,13+,18+/m1/s1. The molecule has 2 saturated heterocycles. The molecule has 0 amide bonds. The van der Waals surface area contributed by atoms with E-state index in [0.29, 0.717) is 23.2 Å². The van der Waals surface area contributed by atoms with E-state index < -0.39 is 5.60 Å². The van der Waals surface area contributed by atoms with Crippen molar-refractivity contribution in [3.8, 4) is 17.2 Å². The molecule has 4 rings (SSSR count). The Balaban J connectivity index is 2.04. The zero-order valence-electron chi connectivity index (χ0n) is 14.3. The predicted octanol–water partition coefficient (Wildman–Crippen LogP) is 3.16. The highest BCUT2D eigenvalue weighted by Gasteiger charge is 2.54. The van der Waals surface area contributed by atoms with Crippen LogP contribution in [0.1, 0.15) is 38.2 Å². The molecule has 1 saturated carbocycles. The van der Waals surface area contributed by atoms with Crippen LogP contribution in [0.4, 0.5) is 0 Å². The van der Waals surface area contributed by atoms with E-state index in [2.05, 4.69) is 6.92 Å². The van der Waals surface area contributed by atoms with E-state index >= 15 is 0 Å². The monoisotopic (exact) mass is 320 g/mol. The fraction of sp³-hybridized carbons (Fsp3) is 0.611. The maximum Gasteiger partial charge on any atom is 0.310 e. The van der Waals surface area contributed by atoms with Gasteiger partial charge in [-0.3, -0.25) is 4.79 Å². The van der Waals surface area contributed by atoms with Crippen LogP contribution in [0.3, 0.4) is 0 Å². The summed E-state index contributed by atoms with van der Waals surface area (Å²) >= 11 is 0. The van der Waals surface area contributed by atoms with Crippen LogP contribution in [-0.2, 0) is 9.53 Å². The number of methoxy groups -OCH3 is 3. The number of rotatable bonds is 4. The molecule has 0 unspecified atom stereocenters. The summed E-state index contributed by atoms with van der Waals surface area (Å²) in [4.78, 5) is 12.3. The molecule has 0 aromatic heterocycles. The van der Waals surface area contributed by atoms with E-state index in [0.717, 1.165) is 18.4 Å². The second-order valence-electron chi connectivity index (χ2n) is 6.75. The zero-order chi connectivity index (χ0) is 16.8. The third-order valence-corrected chi connectivity index (χ3v) is 5.51. The smallest absolute Gasteiger partial charge is 0.310 e. The van der Waals surface area contributed by atoms with Gasteiger partial charge in [0.15, 0.2) is 11.5 Å². The first-order valence-corrected chi connectivity index (χ1v) is 7.96. The molecule has 1 aliphatic carbocycles. The van der Waals surface area contributed by atoms with Gasteiger partial charge in [-0.1, -0.05) is 6.92 Å². The molecule has 3 fully saturated rings. The second kappa shape index (κ2) is 5.62. The van der Waals surface area contributed by atoms with Gasteiger partial charge >= 0.3 is 5.97 Å². The van der Waals surface area contributed by atoms with Crippen LogP contribution in [0.2, 0.25) is 0 Å². The van der Waals surface area contributed by atoms with Crippen LogP contribution in [0.5, 0.6) is 17.2 Å². The minimum Gasteiger partial charge on any atom is -0.493 e. The van der Waals surface area contributed by atoms with E-state index in [1.807, 2.05) is 19.1 Å². The molecule has 2 heterocycles. The molecule has 0 radical (unpaired) electrons. The molecule has 3 aliphatic rings. The summed E-state index contributed by atoms with van der Waals surface area (Å²) in [6.07, 6.45) is 1.68. The number of hydrogen-bond donors (Lipinski definition) is 0. The predicted molar refractivity (Wildman–Crippen MR) is 85.2 cm³/mol. The fourth-order valence-corrected chi connectivity index (χ4v) is 3.95. The van der Waals surface area contributed by atoms with E-state index in [-0.39, 0.29) is 17.8 Å². The minimum absolute atomic E-state index is 0.0874. The maximum atomic E-state index is 12.3. The van der Waals surface area contributed by atoms with E-state index in [9.17, 15) is 4.79 Å². The molecule has 0 N–H and O–H groups in total. The molecule has 23 heavy (non-hydrogen) atoms. The van der Waals surface area contributed by atoms with Crippen molar-refractivity contribution in [3.05, 3.63) is 17.7 Å². The number of fused-ring (bicyclic) bond motifs is 3. The SMILES string of the molecule is COc1cc([C@@H]2C[C@]3(C)OC(=O)[C@H]2C[C@H]3C)cc(OC)c1OC. The van der Waals surface area contributed by atoms with Gasteiger partial charge in [-0.15, -0.1) is 0 Å². The average molecular weight is 320 g/mol. The van der Waals surface area contributed by atoms with Gasteiger partial charge in [0.2, 0.25) is 5.75 Å². The summed E-state index contributed by atoms with van der Waals surface area (Å²) < 4.78 is 21.9. The Bertz CT molecular complexity index is 601. The molecule has 2 aliphatic heterocycles. The molecule has 126 valence electrons. The van der Waals surface area contributed by atoms with Crippen molar-refractivity contribution >= 4 is 5.97 Å². The van der Waals surface area contributed by atoms with Gasteiger partial charge in [0, 0.05) is 5.92 Å². The Morgan fingerprint density at radius 1 is 1.09 bits per heavy atom. The van der Waals surface area contributed by atoms with Crippen LogP contribution < -0.4 is 14.2 Å². The van der Waals surface area contributed by atoms with Crippen molar-refractivity contribution < 1.29 is 23.7 Å². The lowest BCUT2D eigenvalue weighted by atomic mass is 9.62. The Kier molecular flexibility index (Phi) is 3.90. The number of carbonyl (C=O) groups is 1. The van der Waals surface area contributed by atoms with Crippen molar-refractivity contribution in [3.63, 3.8) is 0 Å². The first kappa shape index (κ1) is 16.0. The summed E-state index contributed by atoms with van der Waals surface area (Å²) in [5.41, 5.74) is 0.649. The molecule has 0 spiro atoms. The molecule has 1 aromatic carbocycles. The largest absolute Gasteiger partial charge is 0.493 e. The number of benzene rings is 1. The van der Waals surface area contributed by atoms with Crippen molar-refractivity contribution in [1.29, 1.82) is 0 Å². The molecular weight excluding hydrogens is 296 g/mol. The van der Waals surface area contributed by atoms with Crippen molar-refractivity contribution in [2.24, 2.45) is 11.8 Å². The molecule has 5 heteroatoms. The van der Waals surface area contributed by atoms with Crippen LogP contribution in [0, 0.1) is 11.8 Å². The van der Waals surface area contributed by atoms with Gasteiger partial charge in [-0.25, -0.2) is 0 Å². The van der Waals surface area contributed by atoms with E-state index in [4.69, 9.17) is 18.9 Å². The van der Waals surface area contributed by atoms with E-state index in [1.54, 1.807) is 21.3 Å². The highest BCUT2D eigenvalue weighted by molar-refractivity contribution is 5.76. The molecule has 5 nitrogen and oxygen atoms in total. The normalized spacial score (nSPS) is 32.4. The number of hydrogen-bond acceptors (Lipinski definition) is 5. The van der Waals surface area contributed by atoms with Crippen LogP contribution in [-0.4, -0.2) is 32.9 Å². The molecule has 2 bridgehead atoms. The average Bonchev–Trinajstić information content (AvgIpc) is 2.54. The zero-order valence-corrected chi connectivity index (χ0v) is 14.3. The Labute approximate surface area is 136 Å². The lowest BCUT2D eigenvalue weighted by Crippen LogP contribution is -2.54. The summed E-state index contributed by atoms with van der Waals surface area (Å²) in [5, 5.41) is 0. The topological polar surface area (TPSA) is 54.0 Å². The molecule has 4 atom stereocenters. The van der Waals surface area contributed by atoms with Crippen LogP contribution in [0.25, 0.3) is 0 Å². The highest BCUT2D eigenvalue weighted by atomic mass is 16.6. The first-order chi connectivity index (χ1) is 10.9. The van der Waals surface area contributed by atoms with Crippen LogP contribution in [0.15, 0.2) is 12.1 Å². The quantitative estimate of drug-likeness (QED) is 0.798. The second-order valence-corrected chi connectivity index (χ2v) is 6.75. The number of carbonyl (C=O) groups excluding carboxylic acids is 1. The molecule has 1 aromatic rings. The van der Waals surface area contributed by atoms with Gasteiger partial charge in [0.05, 0.1) is 27.2 Å². The highest BCUT2D eigenvalue weighted by Crippen LogP contribution is 2.54. The third-order valence-electron chi connectivity index (χ3n) is 5.51. The van der Waals surface area contributed by atoms with Crippen LogP contribution >= 0.6 is 0 Å². The summed E-state index contributed by atoms with van der Waals surface area (Å²) in [7, 11) is 4.79. The Morgan fingerprint density at radius 3 is 2.17 bits per heavy atom. The Morgan fingerprint density at radius 2 is 1.70 bits per heavy atom. The maximum absolute atomic E-state index is 12.3. The van der Waals surface area contributed by atoms with Gasteiger partial charge in [0.25, 0.3) is 0 Å². The van der Waals surface area contributed by atoms with Gasteiger partial charge in [-0.2, -0.15) is 0 Å². The number of ether oxygens (including phenoxy) is 4. The summed E-state index contributed by atoms with van der Waals surface area (Å²) in [6.45, 7) is 4.20. The van der Waals surface area contributed by atoms with Gasteiger partial charge in [0.1, 0.15) is 5.60 Å². The lowest BCUT2D eigenvalue weighted by Gasteiger charge is -2.51. The Hall–Kier alpha value is -1.91. The third kappa shape index (κ3) is 2.42. The molecular formula is C18H24O5. The van der Waals surface area contributed by atoms with Gasteiger partial charge in [-0.05, 0) is 43.4 Å². The minimum atomic E-state index is -0.392. The van der Waals surface area contributed by atoms with Crippen molar-refractivity contribution in [2.75, 3.05) is 21.3 Å². The fourth-order valence-electron chi connectivity index (χ4n) is 3.95. The first-order valence-electron chi connectivity index (χ1n) is 7.96. The summed E-state index contributed by atoms with van der Waals surface area (Å²) in [5.74, 6) is 2.12.